The van der Waals surface area contributed by atoms with Crippen LogP contribution in [0.1, 0.15) is 43.7 Å². The zero-order valence-corrected chi connectivity index (χ0v) is 20.9. The molecule has 0 bridgehead atoms. The number of amides is 1. The topological polar surface area (TPSA) is 115 Å². The number of hydrogen-bond donors (Lipinski definition) is 1. The van der Waals surface area contributed by atoms with Crippen LogP contribution in [-0.4, -0.2) is 37.6 Å². The number of nitrogens with one attached hydrogen (secondary N) is 1. The molecule has 4 rings (SSSR count). The normalized spacial score (nSPS) is 14.3. The van der Waals surface area contributed by atoms with E-state index in [2.05, 4.69) is 25.3 Å². The summed E-state index contributed by atoms with van der Waals surface area (Å²) in [5.41, 5.74) is 3.58. The Bertz CT molecular complexity index is 1240. The largest absolute Gasteiger partial charge is 0.299 e. The maximum Gasteiger partial charge on any atom is 0.288 e. The Morgan fingerprint density at radius 2 is 1.91 bits per heavy atom. The summed E-state index contributed by atoms with van der Waals surface area (Å²) in [4.78, 5) is 22.8. The highest BCUT2D eigenvalue weighted by atomic mass is 35.5. The van der Waals surface area contributed by atoms with E-state index in [1.54, 1.807) is 6.07 Å². The molecule has 1 N–H and O–H groups in total. The number of nitro groups is 1. The third-order valence-electron chi connectivity index (χ3n) is 5.61. The van der Waals surface area contributed by atoms with E-state index in [1.807, 2.05) is 24.3 Å². The second-order valence-electron chi connectivity index (χ2n) is 8.02. The van der Waals surface area contributed by atoms with E-state index in [9.17, 15) is 14.9 Å². The third kappa shape index (κ3) is 6.39. The van der Waals surface area contributed by atoms with E-state index in [-0.39, 0.29) is 28.4 Å². The van der Waals surface area contributed by atoms with Crippen molar-refractivity contribution in [3.63, 3.8) is 0 Å². The van der Waals surface area contributed by atoms with E-state index >= 15 is 0 Å². The number of nitrogens with zero attached hydrogens (tertiary/aromatic N) is 5. The van der Waals surface area contributed by atoms with Gasteiger partial charge in [0.15, 0.2) is 11.0 Å². The first-order valence-corrected chi connectivity index (χ1v) is 12.8. The Labute approximate surface area is 216 Å². The van der Waals surface area contributed by atoms with Crippen molar-refractivity contribution < 1.29 is 9.72 Å². The monoisotopic (exact) mass is 532 g/mol. The second-order valence-corrected chi connectivity index (χ2v) is 9.81. The molecule has 1 saturated carbocycles. The zero-order chi connectivity index (χ0) is 24.8. The van der Waals surface area contributed by atoms with Gasteiger partial charge in [0, 0.05) is 28.3 Å². The number of halogens is 2. The predicted octanol–water partition coefficient (Wildman–Crippen LogP) is 5.91. The Hall–Kier alpha value is -2.95. The van der Waals surface area contributed by atoms with Gasteiger partial charge in [-0.1, -0.05) is 60.3 Å². The summed E-state index contributed by atoms with van der Waals surface area (Å²) >= 11 is 13.2. The minimum absolute atomic E-state index is 0.0348. The van der Waals surface area contributed by atoms with E-state index in [1.165, 1.54) is 36.5 Å². The van der Waals surface area contributed by atoms with Gasteiger partial charge in [-0.2, -0.15) is 5.10 Å². The van der Waals surface area contributed by atoms with Gasteiger partial charge in [-0.3, -0.25) is 19.5 Å². The van der Waals surface area contributed by atoms with Crippen LogP contribution in [0.3, 0.4) is 0 Å². The van der Waals surface area contributed by atoms with E-state index in [0.717, 1.165) is 37.1 Å². The molecule has 1 aromatic heterocycles. The van der Waals surface area contributed by atoms with Crippen molar-refractivity contribution in [1.82, 2.24) is 20.2 Å². The smallest absolute Gasteiger partial charge is 0.288 e. The molecule has 0 atom stereocenters. The molecular formula is C23H22Cl2N6O3S. The summed E-state index contributed by atoms with van der Waals surface area (Å²) in [5.74, 6) is 0.517. The fourth-order valence-electron chi connectivity index (χ4n) is 3.93. The second kappa shape index (κ2) is 11.7. The first-order chi connectivity index (χ1) is 16.9. The Kier molecular flexibility index (Phi) is 8.37. The summed E-state index contributed by atoms with van der Waals surface area (Å²) in [5, 5.41) is 25.1. The van der Waals surface area contributed by atoms with Crippen LogP contribution in [0.4, 0.5) is 5.69 Å². The number of nitro benzene ring substituents is 1. The Morgan fingerprint density at radius 3 is 2.63 bits per heavy atom. The molecule has 182 valence electrons. The van der Waals surface area contributed by atoms with Crippen molar-refractivity contribution in [3.05, 3.63) is 68.2 Å². The van der Waals surface area contributed by atoms with Crippen molar-refractivity contribution >= 4 is 52.8 Å². The Morgan fingerprint density at radius 1 is 1.17 bits per heavy atom. The van der Waals surface area contributed by atoms with Gasteiger partial charge in [-0.15, -0.1) is 10.2 Å². The van der Waals surface area contributed by atoms with Gasteiger partial charge in [-0.25, -0.2) is 5.43 Å². The summed E-state index contributed by atoms with van der Waals surface area (Å²) in [7, 11) is 0. The molecule has 9 nitrogen and oxygen atoms in total. The first-order valence-electron chi connectivity index (χ1n) is 11.0. The maximum atomic E-state index is 12.4. The fraction of sp³-hybridized carbons (Fsp3) is 0.304. The number of rotatable bonds is 8. The summed E-state index contributed by atoms with van der Waals surface area (Å²) in [6, 6.07) is 12.0. The Balaban J connectivity index is 1.44. The fourth-order valence-corrected chi connectivity index (χ4v) is 5.04. The van der Waals surface area contributed by atoms with E-state index < -0.39 is 4.92 Å². The molecular weight excluding hydrogens is 511 g/mol. The highest BCUT2D eigenvalue weighted by molar-refractivity contribution is 7.99. The number of benzene rings is 2. The molecule has 0 aliphatic heterocycles. The van der Waals surface area contributed by atoms with Crippen LogP contribution >= 0.6 is 35.0 Å². The van der Waals surface area contributed by atoms with Crippen LogP contribution < -0.4 is 5.43 Å². The summed E-state index contributed by atoms with van der Waals surface area (Å²) < 4.78 is 2.14. The van der Waals surface area contributed by atoms with Crippen molar-refractivity contribution in [2.75, 3.05) is 5.75 Å². The number of aromatic nitrogens is 3. The van der Waals surface area contributed by atoms with Crippen LogP contribution in [0.25, 0.3) is 11.4 Å². The van der Waals surface area contributed by atoms with Crippen LogP contribution in [-0.2, 0) is 4.79 Å². The van der Waals surface area contributed by atoms with Crippen molar-refractivity contribution in [2.45, 2.75) is 43.3 Å². The molecule has 2 aromatic carbocycles. The summed E-state index contributed by atoms with van der Waals surface area (Å²) in [6.07, 6.45) is 6.91. The lowest BCUT2D eigenvalue weighted by Gasteiger charge is -2.25. The van der Waals surface area contributed by atoms with Crippen LogP contribution in [0.15, 0.2) is 52.7 Å². The van der Waals surface area contributed by atoms with Crippen molar-refractivity contribution in [2.24, 2.45) is 5.10 Å². The number of hydrazone groups is 1. The molecule has 0 spiro atoms. The lowest BCUT2D eigenvalue weighted by Crippen LogP contribution is -2.20. The average Bonchev–Trinajstić information content (AvgIpc) is 3.28. The highest BCUT2D eigenvalue weighted by Gasteiger charge is 2.24. The molecule has 1 aliphatic carbocycles. The lowest BCUT2D eigenvalue weighted by atomic mass is 9.95. The molecule has 1 aliphatic rings. The van der Waals surface area contributed by atoms with Gasteiger partial charge < -0.3 is 0 Å². The molecule has 1 heterocycles. The average molecular weight is 533 g/mol. The van der Waals surface area contributed by atoms with Crippen molar-refractivity contribution in [1.29, 1.82) is 0 Å². The van der Waals surface area contributed by atoms with Crippen LogP contribution in [0.5, 0.6) is 0 Å². The van der Waals surface area contributed by atoms with Crippen LogP contribution in [0.2, 0.25) is 10.0 Å². The van der Waals surface area contributed by atoms with Gasteiger partial charge in [0.1, 0.15) is 5.02 Å². The molecule has 0 radical (unpaired) electrons. The number of carbonyl (C=O) groups excluding carboxylic acids is 1. The SMILES string of the molecule is O=C(CSc1nnc(-c2ccc(Cl)cc2)n1C1CCCCC1)NN=Cc1ccc(Cl)c([N+](=O)[O-])c1. The van der Waals surface area contributed by atoms with E-state index in [4.69, 9.17) is 23.2 Å². The number of hydrogen-bond acceptors (Lipinski definition) is 7. The highest BCUT2D eigenvalue weighted by Crippen LogP contribution is 2.35. The van der Waals surface area contributed by atoms with Gasteiger partial charge in [-0.05, 0) is 43.2 Å². The van der Waals surface area contributed by atoms with Crippen LogP contribution in [0, 0.1) is 10.1 Å². The minimum atomic E-state index is -0.574. The minimum Gasteiger partial charge on any atom is -0.299 e. The molecule has 1 fully saturated rings. The first kappa shape index (κ1) is 25.2. The van der Waals surface area contributed by atoms with Gasteiger partial charge in [0.25, 0.3) is 11.6 Å². The molecule has 35 heavy (non-hydrogen) atoms. The maximum absolute atomic E-state index is 12.4. The number of thioether (sulfide) groups is 1. The zero-order valence-electron chi connectivity index (χ0n) is 18.6. The van der Waals surface area contributed by atoms with Crippen molar-refractivity contribution in [3.8, 4) is 11.4 Å². The molecule has 0 unspecified atom stereocenters. The third-order valence-corrected chi connectivity index (χ3v) is 7.12. The molecule has 1 amide bonds. The standard InChI is InChI=1S/C23H22Cl2N6O3S/c24-17-9-7-16(8-10-17)22-28-29-23(30(22)18-4-2-1-3-5-18)35-14-21(32)27-26-13-15-6-11-19(25)20(12-15)31(33)34/h6-13,18H,1-5,14H2,(H,27,32). The van der Waals surface area contributed by atoms with E-state index in [0.29, 0.717) is 15.7 Å². The van der Waals surface area contributed by atoms with Gasteiger partial charge in [0.2, 0.25) is 0 Å². The quantitative estimate of drug-likeness (QED) is 0.167. The molecule has 12 heteroatoms. The lowest BCUT2D eigenvalue weighted by molar-refractivity contribution is -0.384. The number of carbonyl (C=O) groups is 1. The molecule has 0 saturated heterocycles. The summed E-state index contributed by atoms with van der Waals surface area (Å²) in [6.45, 7) is 0. The van der Waals surface area contributed by atoms with Gasteiger partial charge >= 0.3 is 0 Å². The predicted molar refractivity (Wildman–Crippen MR) is 137 cm³/mol. The molecule has 3 aromatic rings. The van der Waals surface area contributed by atoms with Gasteiger partial charge in [0.05, 0.1) is 16.9 Å².